The molecule has 1 heterocycles. The molecule has 0 spiro atoms. The number of alkyl halides is 1. The molecular formula is C7H12ClNO. The van der Waals surface area contributed by atoms with E-state index in [2.05, 4.69) is 0 Å². The van der Waals surface area contributed by atoms with Gasteiger partial charge in [0.25, 0.3) is 0 Å². The molecule has 0 saturated carbocycles. The van der Waals surface area contributed by atoms with E-state index in [9.17, 15) is 4.79 Å². The molecule has 0 bridgehead atoms. The van der Waals surface area contributed by atoms with Gasteiger partial charge < -0.3 is 4.90 Å². The topological polar surface area (TPSA) is 20.3 Å². The lowest BCUT2D eigenvalue weighted by Gasteiger charge is -2.15. The number of nitrogens with zero attached hydrogens (tertiary/aromatic N) is 1. The van der Waals surface area contributed by atoms with Crippen LogP contribution in [0.15, 0.2) is 0 Å². The minimum atomic E-state index is -0.349. The summed E-state index contributed by atoms with van der Waals surface area (Å²) < 4.78 is 0. The zero-order valence-electron chi connectivity index (χ0n) is 6.14. The van der Waals surface area contributed by atoms with E-state index in [1.54, 1.807) is 6.92 Å². The van der Waals surface area contributed by atoms with Gasteiger partial charge in [0.2, 0.25) is 5.91 Å². The highest BCUT2D eigenvalue weighted by Crippen LogP contribution is 2.10. The minimum absolute atomic E-state index is 0.0826. The van der Waals surface area contributed by atoms with Crippen LogP contribution in [0, 0.1) is 0 Å². The molecule has 0 N–H and O–H groups in total. The monoisotopic (exact) mass is 161 g/mol. The molecule has 0 aromatic carbocycles. The number of carbonyl (C=O) groups excluding carboxylic acids is 1. The maximum absolute atomic E-state index is 11.1. The maximum Gasteiger partial charge on any atom is 0.240 e. The molecule has 1 fully saturated rings. The molecule has 3 heteroatoms. The first-order valence-electron chi connectivity index (χ1n) is 3.64. The predicted molar refractivity (Wildman–Crippen MR) is 41.1 cm³/mol. The van der Waals surface area contributed by atoms with Crippen molar-refractivity contribution >= 4 is 17.5 Å². The summed E-state index contributed by atoms with van der Waals surface area (Å²) in [5.41, 5.74) is 0. The van der Waals surface area contributed by atoms with Crippen LogP contribution < -0.4 is 0 Å². The zero-order chi connectivity index (χ0) is 7.56. The third-order valence-corrected chi connectivity index (χ3v) is 1.94. The molecule has 1 amide bonds. The van der Waals surface area contributed by atoms with Gasteiger partial charge in [-0.15, -0.1) is 11.6 Å². The number of amides is 1. The van der Waals surface area contributed by atoms with E-state index < -0.39 is 0 Å². The van der Waals surface area contributed by atoms with Gasteiger partial charge >= 0.3 is 0 Å². The van der Waals surface area contributed by atoms with Gasteiger partial charge in [-0.1, -0.05) is 0 Å². The van der Waals surface area contributed by atoms with E-state index in [-0.39, 0.29) is 11.3 Å². The van der Waals surface area contributed by atoms with Crippen LogP contribution in [0.4, 0.5) is 0 Å². The first-order valence-corrected chi connectivity index (χ1v) is 4.08. The molecule has 1 aliphatic heterocycles. The fourth-order valence-electron chi connectivity index (χ4n) is 1.19. The number of halogens is 1. The highest BCUT2D eigenvalue weighted by atomic mass is 35.5. The van der Waals surface area contributed by atoms with Crippen LogP contribution in [0.25, 0.3) is 0 Å². The van der Waals surface area contributed by atoms with Gasteiger partial charge in [-0.3, -0.25) is 4.79 Å². The average Bonchev–Trinajstić information content (AvgIpc) is 2.36. The first kappa shape index (κ1) is 7.86. The Morgan fingerprint density at radius 1 is 1.50 bits per heavy atom. The van der Waals surface area contributed by atoms with Gasteiger partial charge in [0.05, 0.1) is 0 Å². The fraction of sp³-hybridized carbons (Fsp3) is 0.857. The molecule has 0 radical (unpaired) electrons. The van der Waals surface area contributed by atoms with E-state index in [1.165, 1.54) is 0 Å². The molecule has 10 heavy (non-hydrogen) atoms. The highest BCUT2D eigenvalue weighted by Gasteiger charge is 2.20. The van der Waals surface area contributed by atoms with Gasteiger partial charge in [0.15, 0.2) is 0 Å². The van der Waals surface area contributed by atoms with Gasteiger partial charge in [0.1, 0.15) is 5.38 Å². The summed E-state index contributed by atoms with van der Waals surface area (Å²) in [5.74, 6) is 0.0826. The van der Waals surface area contributed by atoms with Crippen LogP contribution in [-0.4, -0.2) is 29.3 Å². The van der Waals surface area contributed by atoms with Crippen molar-refractivity contribution in [1.82, 2.24) is 4.90 Å². The second-order valence-corrected chi connectivity index (χ2v) is 3.30. The third-order valence-electron chi connectivity index (χ3n) is 1.76. The number of carbonyl (C=O) groups is 1. The standard InChI is InChI=1S/C7H12ClNO/c1-6(8)7(10)9-4-2-3-5-9/h6H,2-5H2,1H3. The first-order chi connectivity index (χ1) is 4.72. The van der Waals surface area contributed by atoms with Crippen LogP contribution in [-0.2, 0) is 4.79 Å². The lowest BCUT2D eigenvalue weighted by Crippen LogP contribution is -2.32. The molecule has 0 aliphatic carbocycles. The summed E-state index contributed by atoms with van der Waals surface area (Å²) >= 11 is 5.62. The summed E-state index contributed by atoms with van der Waals surface area (Å²) in [6.07, 6.45) is 2.27. The fourth-order valence-corrected chi connectivity index (χ4v) is 1.33. The SMILES string of the molecule is CC(Cl)C(=O)N1CCCC1. The molecule has 2 nitrogen and oxygen atoms in total. The largest absolute Gasteiger partial charge is 0.341 e. The second-order valence-electron chi connectivity index (χ2n) is 2.65. The highest BCUT2D eigenvalue weighted by molar-refractivity contribution is 6.30. The number of hydrogen-bond acceptors (Lipinski definition) is 1. The molecule has 1 rings (SSSR count). The predicted octanol–water partition coefficient (Wildman–Crippen LogP) is 1.24. The summed E-state index contributed by atoms with van der Waals surface area (Å²) in [5, 5.41) is -0.349. The Hall–Kier alpha value is -0.240. The van der Waals surface area contributed by atoms with E-state index in [0.717, 1.165) is 25.9 Å². The lowest BCUT2D eigenvalue weighted by molar-refractivity contribution is -0.129. The Morgan fingerprint density at radius 3 is 2.40 bits per heavy atom. The zero-order valence-corrected chi connectivity index (χ0v) is 6.90. The molecule has 0 aromatic rings. The third kappa shape index (κ3) is 1.63. The van der Waals surface area contributed by atoms with Crippen molar-refractivity contribution in [2.75, 3.05) is 13.1 Å². The normalized spacial score (nSPS) is 21.2. The van der Waals surface area contributed by atoms with Crippen molar-refractivity contribution in [2.24, 2.45) is 0 Å². The molecular weight excluding hydrogens is 150 g/mol. The quantitative estimate of drug-likeness (QED) is 0.530. The van der Waals surface area contributed by atoms with Crippen LogP contribution in [0.5, 0.6) is 0 Å². The Bertz CT molecular complexity index is 130. The smallest absolute Gasteiger partial charge is 0.240 e. The number of rotatable bonds is 1. The van der Waals surface area contributed by atoms with Crippen LogP contribution in [0.2, 0.25) is 0 Å². The molecule has 1 unspecified atom stereocenters. The maximum atomic E-state index is 11.1. The van der Waals surface area contributed by atoms with Crippen molar-refractivity contribution in [3.8, 4) is 0 Å². The molecule has 1 saturated heterocycles. The summed E-state index contributed by atoms with van der Waals surface area (Å²) in [4.78, 5) is 13.0. The van der Waals surface area contributed by atoms with Crippen molar-refractivity contribution in [1.29, 1.82) is 0 Å². The van der Waals surface area contributed by atoms with Crippen molar-refractivity contribution in [3.63, 3.8) is 0 Å². The van der Waals surface area contributed by atoms with Crippen molar-refractivity contribution < 1.29 is 4.79 Å². The average molecular weight is 162 g/mol. The Labute approximate surface area is 66.1 Å². The van der Waals surface area contributed by atoms with Crippen molar-refractivity contribution in [3.05, 3.63) is 0 Å². The molecule has 0 aromatic heterocycles. The van der Waals surface area contributed by atoms with Gasteiger partial charge in [0, 0.05) is 13.1 Å². The molecule has 58 valence electrons. The van der Waals surface area contributed by atoms with Crippen LogP contribution in [0.3, 0.4) is 0 Å². The molecule has 1 aliphatic rings. The minimum Gasteiger partial charge on any atom is -0.341 e. The van der Waals surface area contributed by atoms with Crippen LogP contribution in [0.1, 0.15) is 19.8 Å². The second kappa shape index (κ2) is 3.24. The summed E-state index contributed by atoms with van der Waals surface area (Å²) in [6.45, 7) is 3.52. The summed E-state index contributed by atoms with van der Waals surface area (Å²) in [6, 6.07) is 0. The summed E-state index contributed by atoms with van der Waals surface area (Å²) in [7, 11) is 0. The van der Waals surface area contributed by atoms with E-state index in [1.807, 2.05) is 4.90 Å². The van der Waals surface area contributed by atoms with Gasteiger partial charge in [-0.25, -0.2) is 0 Å². The number of hydrogen-bond donors (Lipinski definition) is 0. The van der Waals surface area contributed by atoms with E-state index in [4.69, 9.17) is 11.6 Å². The van der Waals surface area contributed by atoms with Gasteiger partial charge in [-0.05, 0) is 19.8 Å². The number of likely N-dealkylation sites (tertiary alicyclic amines) is 1. The molecule has 1 atom stereocenters. The lowest BCUT2D eigenvalue weighted by atomic mass is 10.4. The van der Waals surface area contributed by atoms with Crippen molar-refractivity contribution in [2.45, 2.75) is 25.1 Å². The Morgan fingerprint density at radius 2 is 2.00 bits per heavy atom. The van der Waals surface area contributed by atoms with E-state index in [0.29, 0.717) is 0 Å². The van der Waals surface area contributed by atoms with Gasteiger partial charge in [-0.2, -0.15) is 0 Å². The Kier molecular flexibility index (Phi) is 2.55. The van der Waals surface area contributed by atoms with E-state index >= 15 is 0 Å². The Balaban J connectivity index is 2.40. The van der Waals surface area contributed by atoms with Crippen LogP contribution >= 0.6 is 11.6 Å².